The molecule has 1 atom stereocenters. The number of alkyl halides is 1. The van der Waals surface area contributed by atoms with Gasteiger partial charge >= 0.3 is 0 Å². The van der Waals surface area contributed by atoms with Crippen molar-refractivity contribution in [3.8, 4) is 5.75 Å². The van der Waals surface area contributed by atoms with Crippen LogP contribution in [0.2, 0.25) is 5.02 Å². The molecule has 0 amide bonds. The van der Waals surface area contributed by atoms with Gasteiger partial charge in [0.1, 0.15) is 5.75 Å². The molecule has 0 N–H and O–H groups in total. The maximum Gasteiger partial charge on any atom is 0.124 e. The highest BCUT2D eigenvalue weighted by Crippen LogP contribution is 2.40. The van der Waals surface area contributed by atoms with E-state index in [1.54, 1.807) is 0 Å². The summed E-state index contributed by atoms with van der Waals surface area (Å²) in [5, 5.41) is 0.742. The highest BCUT2D eigenvalue weighted by Gasteiger charge is 2.18. The second kappa shape index (κ2) is 6.78. The van der Waals surface area contributed by atoms with Crippen molar-refractivity contribution >= 4 is 43.5 Å². The largest absolute Gasteiger partial charge is 0.494 e. The van der Waals surface area contributed by atoms with Crippen LogP contribution in [-0.4, -0.2) is 6.61 Å². The molecular weight excluding hydrogens is 391 g/mol. The van der Waals surface area contributed by atoms with Crippen molar-refractivity contribution in [2.45, 2.75) is 11.8 Å². The quantitative estimate of drug-likeness (QED) is 0.569. The molecule has 4 heteroatoms. The molecule has 2 aromatic rings. The lowest BCUT2D eigenvalue weighted by Gasteiger charge is -2.17. The third kappa shape index (κ3) is 3.53. The first-order chi connectivity index (χ1) is 9.13. The highest BCUT2D eigenvalue weighted by molar-refractivity contribution is 9.10. The highest BCUT2D eigenvalue weighted by atomic mass is 79.9. The summed E-state index contributed by atoms with van der Waals surface area (Å²) in [5.74, 6) is 0.868. The summed E-state index contributed by atoms with van der Waals surface area (Å²) in [6.07, 6.45) is 0. The van der Waals surface area contributed by atoms with Crippen LogP contribution in [0.4, 0.5) is 0 Å². The van der Waals surface area contributed by atoms with Gasteiger partial charge in [-0.25, -0.2) is 0 Å². The fourth-order valence-electron chi connectivity index (χ4n) is 1.85. The predicted molar refractivity (Wildman–Crippen MR) is 87.5 cm³/mol. The summed E-state index contributed by atoms with van der Waals surface area (Å²) >= 11 is 13.5. The van der Waals surface area contributed by atoms with Crippen molar-refractivity contribution < 1.29 is 4.74 Å². The number of ether oxygens (including phenoxy) is 1. The lowest BCUT2D eigenvalue weighted by Crippen LogP contribution is -2.00. The van der Waals surface area contributed by atoms with E-state index in [0.717, 1.165) is 26.4 Å². The minimum absolute atomic E-state index is 0.000231. The van der Waals surface area contributed by atoms with Gasteiger partial charge in [-0.1, -0.05) is 61.7 Å². The zero-order chi connectivity index (χ0) is 13.8. The standard InChI is InChI=1S/C15H13Br2ClO/c1-2-19-14-8-7-10(16)9-12(14)15(17)11-5-3-4-6-13(11)18/h3-9,15H,2H2,1H3. The molecule has 0 fully saturated rings. The molecule has 100 valence electrons. The van der Waals surface area contributed by atoms with E-state index in [1.165, 1.54) is 0 Å². The van der Waals surface area contributed by atoms with Crippen LogP contribution in [0.25, 0.3) is 0 Å². The Labute approximate surface area is 135 Å². The molecule has 0 heterocycles. The molecule has 2 rings (SSSR count). The van der Waals surface area contributed by atoms with Crippen molar-refractivity contribution in [2.75, 3.05) is 6.61 Å². The lowest BCUT2D eigenvalue weighted by molar-refractivity contribution is 0.337. The molecule has 0 bridgehead atoms. The summed E-state index contributed by atoms with van der Waals surface area (Å²) < 4.78 is 6.70. The van der Waals surface area contributed by atoms with Gasteiger partial charge in [0.15, 0.2) is 0 Å². The number of hydrogen-bond acceptors (Lipinski definition) is 1. The van der Waals surface area contributed by atoms with E-state index in [1.807, 2.05) is 49.4 Å². The minimum Gasteiger partial charge on any atom is -0.494 e. The average molecular weight is 405 g/mol. The Morgan fingerprint density at radius 3 is 2.58 bits per heavy atom. The summed E-state index contributed by atoms with van der Waals surface area (Å²) in [5.41, 5.74) is 2.09. The third-order valence-corrected chi connectivity index (χ3v) is 4.55. The maximum absolute atomic E-state index is 6.26. The zero-order valence-electron chi connectivity index (χ0n) is 10.4. The first kappa shape index (κ1) is 14.9. The summed E-state index contributed by atoms with van der Waals surface area (Å²) in [4.78, 5) is 0.000231. The van der Waals surface area contributed by atoms with Gasteiger partial charge in [0.05, 0.1) is 11.4 Å². The van der Waals surface area contributed by atoms with Gasteiger partial charge in [-0.05, 0) is 36.8 Å². The van der Waals surface area contributed by atoms with Crippen molar-refractivity contribution in [3.63, 3.8) is 0 Å². The second-order valence-electron chi connectivity index (χ2n) is 4.00. The van der Waals surface area contributed by atoms with E-state index in [9.17, 15) is 0 Å². The van der Waals surface area contributed by atoms with Crippen molar-refractivity contribution in [1.82, 2.24) is 0 Å². The van der Waals surface area contributed by atoms with Crippen LogP contribution in [0.3, 0.4) is 0 Å². The molecule has 0 spiro atoms. The normalized spacial score (nSPS) is 12.2. The second-order valence-corrected chi connectivity index (χ2v) is 6.24. The van der Waals surface area contributed by atoms with Crippen LogP contribution < -0.4 is 4.74 Å². The number of rotatable bonds is 4. The van der Waals surface area contributed by atoms with Crippen LogP contribution >= 0.6 is 43.5 Å². The average Bonchev–Trinajstić information content (AvgIpc) is 2.41. The third-order valence-electron chi connectivity index (χ3n) is 2.72. The molecule has 19 heavy (non-hydrogen) atoms. The van der Waals surface area contributed by atoms with E-state index < -0.39 is 0 Å². The Morgan fingerprint density at radius 2 is 1.89 bits per heavy atom. The first-order valence-electron chi connectivity index (χ1n) is 5.94. The zero-order valence-corrected chi connectivity index (χ0v) is 14.3. The van der Waals surface area contributed by atoms with E-state index in [0.29, 0.717) is 6.61 Å². The fourth-order valence-corrected chi connectivity index (χ4v) is 3.36. The van der Waals surface area contributed by atoms with Gasteiger partial charge in [0.25, 0.3) is 0 Å². The Kier molecular flexibility index (Phi) is 5.31. The van der Waals surface area contributed by atoms with Crippen LogP contribution in [0.15, 0.2) is 46.9 Å². The molecule has 0 aliphatic carbocycles. The van der Waals surface area contributed by atoms with E-state index >= 15 is 0 Å². The van der Waals surface area contributed by atoms with Crippen LogP contribution in [0.5, 0.6) is 5.75 Å². The molecule has 0 aliphatic heterocycles. The van der Waals surface area contributed by atoms with E-state index in [4.69, 9.17) is 16.3 Å². The molecular formula is C15H13Br2ClO. The van der Waals surface area contributed by atoms with Gasteiger partial charge in [-0.15, -0.1) is 0 Å². The van der Waals surface area contributed by atoms with Crippen LogP contribution in [-0.2, 0) is 0 Å². The van der Waals surface area contributed by atoms with Gasteiger partial charge in [-0.3, -0.25) is 0 Å². The van der Waals surface area contributed by atoms with Gasteiger partial charge < -0.3 is 4.74 Å². The molecule has 0 aromatic heterocycles. The lowest BCUT2D eigenvalue weighted by atomic mass is 10.0. The Bertz CT molecular complexity index is 572. The summed E-state index contributed by atoms with van der Waals surface area (Å²) in [6.45, 7) is 2.61. The minimum atomic E-state index is 0.000231. The Balaban J connectivity index is 2.45. The monoisotopic (exact) mass is 402 g/mol. The predicted octanol–water partition coefficient (Wildman–Crippen LogP) is 5.99. The molecule has 1 nitrogen and oxygen atoms in total. The molecule has 1 unspecified atom stereocenters. The van der Waals surface area contributed by atoms with Crippen molar-refractivity contribution in [1.29, 1.82) is 0 Å². The summed E-state index contributed by atoms with van der Waals surface area (Å²) in [6, 6.07) is 13.8. The molecule has 2 aromatic carbocycles. The van der Waals surface area contributed by atoms with Gasteiger partial charge in [0, 0.05) is 15.1 Å². The number of halogens is 3. The number of hydrogen-bond donors (Lipinski definition) is 0. The van der Waals surface area contributed by atoms with Crippen LogP contribution in [0.1, 0.15) is 22.9 Å². The van der Waals surface area contributed by atoms with E-state index in [-0.39, 0.29) is 4.83 Å². The molecule has 0 saturated heterocycles. The smallest absolute Gasteiger partial charge is 0.124 e. The molecule has 0 aliphatic rings. The van der Waals surface area contributed by atoms with Gasteiger partial charge in [0.2, 0.25) is 0 Å². The van der Waals surface area contributed by atoms with Crippen molar-refractivity contribution in [3.05, 3.63) is 63.1 Å². The van der Waals surface area contributed by atoms with Crippen molar-refractivity contribution in [2.24, 2.45) is 0 Å². The topological polar surface area (TPSA) is 9.23 Å². The van der Waals surface area contributed by atoms with Gasteiger partial charge in [-0.2, -0.15) is 0 Å². The maximum atomic E-state index is 6.26. The summed E-state index contributed by atoms with van der Waals surface area (Å²) in [7, 11) is 0. The first-order valence-corrected chi connectivity index (χ1v) is 8.03. The van der Waals surface area contributed by atoms with Crippen LogP contribution in [0, 0.1) is 0 Å². The SMILES string of the molecule is CCOc1ccc(Br)cc1C(Br)c1ccccc1Cl. The number of benzene rings is 2. The molecule has 0 saturated carbocycles. The Hall–Kier alpha value is -0.510. The Morgan fingerprint density at radius 1 is 1.16 bits per heavy atom. The fraction of sp³-hybridized carbons (Fsp3) is 0.200. The molecule has 0 radical (unpaired) electrons. The van der Waals surface area contributed by atoms with E-state index in [2.05, 4.69) is 31.9 Å².